The number of halogens is 3. The summed E-state index contributed by atoms with van der Waals surface area (Å²) in [5.41, 5.74) is 0.574. The lowest BCUT2D eigenvalue weighted by molar-refractivity contribution is -0.274. The number of hydrogen-bond donors (Lipinski definition) is 2. The van der Waals surface area contributed by atoms with Crippen molar-refractivity contribution in [3.63, 3.8) is 0 Å². The van der Waals surface area contributed by atoms with E-state index >= 15 is 0 Å². The highest BCUT2D eigenvalue weighted by molar-refractivity contribution is 5.74. The van der Waals surface area contributed by atoms with Gasteiger partial charge in [0.05, 0.1) is 0 Å². The van der Waals surface area contributed by atoms with E-state index in [4.69, 9.17) is 5.11 Å². The molecule has 2 rings (SSSR count). The number of carbonyl (C=O) groups is 1. The van der Waals surface area contributed by atoms with Crippen molar-refractivity contribution in [2.75, 3.05) is 19.6 Å². The van der Waals surface area contributed by atoms with Crippen LogP contribution in [0.15, 0.2) is 24.3 Å². The quantitative estimate of drug-likeness (QED) is 0.881. The Labute approximate surface area is 119 Å². The first-order valence-corrected chi connectivity index (χ1v) is 6.37. The Morgan fingerprint density at radius 2 is 2.24 bits per heavy atom. The molecule has 0 amide bonds. The fraction of sp³-hybridized carbons (Fsp3) is 0.462. The molecule has 5 nitrogen and oxygen atoms in total. The van der Waals surface area contributed by atoms with Crippen molar-refractivity contribution < 1.29 is 27.8 Å². The molecule has 1 fully saturated rings. The molecule has 1 aliphatic rings. The minimum atomic E-state index is -4.74. The van der Waals surface area contributed by atoms with Crippen molar-refractivity contribution in [2.45, 2.75) is 18.9 Å². The van der Waals surface area contributed by atoms with E-state index in [1.54, 1.807) is 11.0 Å². The number of carboxylic acids is 1. The minimum Gasteiger partial charge on any atom is -0.480 e. The number of benzene rings is 1. The van der Waals surface area contributed by atoms with Gasteiger partial charge < -0.3 is 15.2 Å². The first kappa shape index (κ1) is 15.6. The zero-order chi connectivity index (χ0) is 15.5. The van der Waals surface area contributed by atoms with Gasteiger partial charge in [-0.15, -0.1) is 13.2 Å². The van der Waals surface area contributed by atoms with Gasteiger partial charge in [0.15, 0.2) is 0 Å². The lowest BCUT2D eigenvalue weighted by atomic mass is 10.1. The van der Waals surface area contributed by atoms with E-state index in [1.807, 2.05) is 0 Å². The summed E-state index contributed by atoms with van der Waals surface area (Å²) in [5.74, 6) is -1.26. The van der Waals surface area contributed by atoms with Crippen LogP contribution in [0.5, 0.6) is 5.75 Å². The highest BCUT2D eigenvalue weighted by Crippen LogP contribution is 2.24. The highest BCUT2D eigenvalue weighted by atomic mass is 19.4. The van der Waals surface area contributed by atoms with Gasteiger partial charge in [-0.05, 0) is 17.7 Å². The number of alkyl halides is 3. The van der Waals surface area contributed by atoms with Crippen molar-refractivity contribution in [1.82, 2.24) is 10.2 Å². The number of hydrogen-bond acceptors (Lipinski definition) is 4. The zero-order valence-electron chi connectivity index (χ0n) is 11.1. The number of nitrogens with zero attached hydrogens (tertiary/aromatic N) is 1. The van der Waals surface area contributed by atoms with E-state index in [0.717, 1.165) is 0 Å². The fourth-order valence-electron chi connectivity index (χ4n) is 2.25. The fourth-order valence-corrected chi connectivity index (χ4v) is 2.25. The van der Waals surface area contributed by atoms with Crippen LogP contribution in [0.25, 0.3) is 0 Å². The van der Waals surface area contributed by atoms with Gasteiger partial charge in [0.25, 0.3) is 0 Å². The molecule has 0 saturated carbocycles. The van der Waals surface area contributed by atoms with Crippen molar-refractivity contribution >= 4 is 5.97 Å². The van der Waals surface area contributed by atoms with Crippen LogP contribution in [-0.2, 0) is 11.3 Å². The summed E-state index contributed by atoms with van der Waals surface area (Å²) in [6, 6.07) is 4.89. The lowest BCUT2D eigenvalue weighted by Crippen LogP contribution is -2.54. The van der Waals surface area contributed by atoms with Crippen LogP contribution >= 0.6 is 0 Å². The maximum atomic E-state index is 12.2. The molecule has 1 aliphatic heterocycles. The number of nitrogens with one attached hydrogen (secondary N) is 1. The van der Waals surface area contributed by atoms with Gasteiger partial charge in [-0.25, -0.2) is 0 Å². The maximum Gasteiger partial charge on any atom is 0.573 e. The smallest absolute Gasteiger partial charge is 0.480 e. The largest absolute Gasteiger partial charge is 0.573 e. The molecule has 0 radical (unpaired) electrons. The van der Waals surface area contributed by atoms with Gasteiger partial charge in [-0.3, -0.25) is 9.69 Å². The van der Waals surface area contributed by atoms with E-state index in [2.05, 4.69) is 10.1 Å². The molecular weight excluding hydrogens is 289 g/mol. The molecule has 1 heterocycles. The third-order valence-corrected chi connectivity index (χ3v) is 3.16. The molecule has 0 aromatic heterocycles. The lowest BCUT2D eigenvalue weighted by Gasteiger charge is -2.33. The molecule has 8 heteroatoms. The summed E-state index contributed by atoms with van der Waals surface area (Å²) < 4.78 is 40.4. The van der Waals surface area contributed by atoms with Crippen molar-refractivity contribution in [1.29, 1.82) is 0 Å². The molecule has 116 valence electrons. The number of rotatable bonds is 4. The van der Waals surface area contributed by atoms with Crippen LogP contribution in [-0.4, -0.2) is 48.0 Å². The summed E-state index contributed by atoms with van der Waals surface area (Å²) in [6.07, 6.45) is -4.74. The van der Waals surface area contributed by atoms with Gasteiger partial charge in [0, 0.05) is 26.2 Å². The average molecular weight is 304 g/mol. The summed E-state index contributed by atoms with van der Waals surface area (Å²) in [5, 5.41) is 12.1. The van der Waals surface area contributed by atoms with Crippen molar-refractivity contribution in [2.24, 2.45) is 0 Å². The third-order valence-electron chi connectivity index (χ3n) is 3.16. The predicted octanol–water partition coefficient (Wildman–Crippen LogP) is 1.44. The Morgan fingerprint density at radius 1 is 1.48 bits per heavy atom. The summed E-state index contributed by atoms with van der Waals surface area (Å²) in [7, 11) is 0. The van der Waals surface area contributed by atoms with Gasteiger partial charge in [0.1, 0.15) is 11.8 Å². The number of carboxylic acid groups (broad SMARTS) is 1. The van der Waals surface area contributed by atoms with E-state index < -0.39 is 18.4 Å². The normalized spacial score (nSPS) is 20.2. The Hall–Kier alpha value is -1.80. The Balaban J connectivity index is 2.08. The van der Waals surface area contributed by atoms with Crippen LogP contribution in [0.3, 0.4) is 0 Å². The molecular formula is C13H15F3N2O3. The van der Waals surface area contributed by atoms with Crippen LogP contribution in [0, 0.1) is 0 Å². The maximum absolute atomic E-state index is 12.2. The molecule has 0 aliphatic carbocycles. The minimum absolute atomic E-state index is 0.258. The predicted molar refractivity (Wildman–Crippen MR) is 67.8 cm³/mol. The summed E-state index contributed by atoms with van der Waals surface area (Å²) in [4.78, 5) is 12.9. The Bertz CT molecular complexity index is 508. The summed E-state index contributed by atoms with van der Waals surface area (Å²) in [6.45, 7) is 1.73. The van der Waals surface area contributed by atoms with Crippen LogP contribution < -0.4 is 10.1 Å². The first-order chi connectivity index (χ1) is 9.85. The standard InChI is InChI=1S/C13H15F3N2O3/c14-13(15,16)21-10-3-1-2-9(6-10)8-18-5-4-17-7-11(18)12(19)20/h1-3,6,11,17H,4-5,7-8H2,(H,19,20). The highest BCUT2D eigenvalue weighted by Gasteiger charge is 2.31. The molecule has 1 saturated heterocycles. The second-order valence-corrected chi connectivity index (χ2v) is 4.72. The molecule has 0 spiro atoms. The molecule has 1 unspecified atom stereocenters. The van der Waals surface area contributed by atoms with Gasteiger partial charge in [0.2, 0.25) is 0 Å². The molecule has 1 aromatic rings. The SMILES string of the molecule is O=C(O)C1CNCCN1Cc1cccc(OC(F)(F)F)c1. The third kappa shape index (κ3) is 4.61. The molecule has 2 N–H and O–H groups in total. The van der Waals surface area contributed by atoms with E-state index in [-0.39, 0.29) is 12.3 Å². The first-order valence-electron chi connectivity index (χ1n) is 6.37. The van der Waals surface area contributed by atoms with E-state index in [1.165, 1.54) is 18.2 Å². The van der Waals surface area contributed by atoms with Gasteiger partial charge >= 0.3 is 12.3 Å². The molecule has 21 heavy (non-hydrogen) atoms. The average Bonchev–Trinajstić information content (AvgIpc) is 2.37. The number of piperazine rings is 1. The molecule has 0 bridgehead atoms. The van der Waals surface area contributed by atoms with Gasteiger partial charge in [-0.1, -0.05) is 12.1 Å². The Morgan fingerprint density at radius 3 is 2.90 bits per heavy atom. The van der Waals surface area contributed by atoms with Crippen LogP contribution in [0.2, 0.25) is 0 Å². The summed E-state index contributed by atoms with van der Waals surface area (Å²) >= 11 is 0. The number of ether oxygens (including phenoxy) is 1. The monoisotopic (exact) mass is 304 g/mol. The molecule has 1 atom stereocenters. The van der Waals surface area contributed by atoms with Crippen molar-refractivity contribution in [3.05, 3.63) is 29.8 Å². The second-order valence-electron chi connectivity index (χ2n) is 4.72. The zero-order valence-corrected chi connectivity index (χ0v) is 11.1. The topological polar surface area (TPSA) is 61.8 Å². The van der Waals surface area contributed by atoms with E-state index in [0.29, 0.717) is 25.2 Å². The van der Waals surface area contributed by atoms with Crippen LogP contribution in [0.1, 0.15) is 5.56 Å². The van der Waals surface area contributed by atoms with E-state index in [9.17, 15) is 18.0 Å². The second kappa shape index (κ2) is 6.31. The van der Waals surface area contributed by atoms with Gasteiger partial charge in [-0.2, -0.15) is 0 Å². The van der Waals surface area contributed by atoms with Crippen molar-refractivity contribution in [3.8, 4) is 5.75 Å². The van der Waals surface area contributed by atoms with Crippen LogP contribution in [0.4, 0.5) is 13.2 Å². The molecule has 1 aromatic carbocycles. The Kier molecular flexibility index (Phi) is 4.69. The number of aliphatic carboxylic acids is 1.